The van der Waals surface area contributed by atoms with Crippen molar-refractivity contribution in [2.45, 2.75) is 32.2 Å². The van der Waals surface area contributed by atoms with Gasteiger partial charge in [0.25, 0.3) is 0 Å². The van der Waals surface area contributed by atoms with Gasteiger partial charge in [0.05, 0.1) is 12.7 Å². The van der Waals surface area contributed by atoms with Crippen LogP contribution in [0.3, 0.4) is 0 Å². The largest absolute Gasteiger partial charge is 0.388 e. The lowest BCUT2D eigenvalue weighted by Crippen LogP contribution is -2.33. The highest BCUT2D eigenvalue weighted by Gasteiger charge is 2.36. The van der Waals surface area contributed by atoms with Crippen LogP contribution in [-0.2, 0) is 4.74 Å². The summed E-state index contributed by atoms with van der Waals surface area (Å²) in [5.74, 6) is 0.271. The smallest absolute Gasteiger partial charge is 0.108 e. The number of aliphatic hydroxyl groups excluding tert-OH is 2. The number of hydrogen-bond donors (Lipinski definition) is 2. The van der Waals surface area contributed by atoms with Crippen molar-refractivity contribution in [2.24, 2.45) is 5.92 Å². The zero-order valence-electron chi connectivity index (χ0n) is 6.32. The zero-order valence-corrected chi connectivity index (χ0v) is 6.32. The maximum atomic E-state index is 9.25. The van der Waals surface area contributed by atoms with Gasteiger partial charge in [-0.1, -0.05) is 13.8 Å². The van der Waals surface area contributed by atoms with Crippen molar-refractivity contribution in [3.8, 4) is 0 Å². The fourth-order valence-electron chi connectivity index (χ4n) is 1.21. The molecular formula is C7H14O3. The second-order valence-electron chi connectivity index (χ2n) is 3.10. The molecule has 2 N–H and O–H groups in total. The molecule has 3 atom stereocenters. The quantitative estimate of drug-likeness (QED) is 0.537. The molecule has 1 rings (SSSR count). The lowest BCUT2D eigenvalue weighted by molar-refractivity contribution is 0.000154. The van der Waals surface area contributed by atoms with E-state index in [1.165, 1.54) is 0 Å². The Hall–Kier alpha value is -0.120. The molecule has 3 unspecified atom stereocenters. The van der Waals surface area contributed by atoms with Gasteiger partial charge in [0, 0.05) is 0 Å². The molecule has 0 saturated carbocycles. The van der Waals surface area contributed by atoms with Crippen molar-refractivity contribution in [1.29, 1.82) is 0 Å². The molecule has 1 aliphatic heterocycles. The number of rotatable bonds is 1. The molecule has 0 spiro atoms. The van der Waals surface area contributed by atoms with Crippen molar-refractivity contribution >= 4 is 0 Å². The van der Waals surface area contributed by atoms with E-state index in [0.717, 1.165) is 0 Å². The highest BCUT2D eigenvalue weighted by molar-refractivity contribution is 4.84. The van der Waals surface area contributed by atoms with Crippen LogP contribution in [0, 0.1) is 5.92 Å². The first-order valence-corrected chi connectivity index (χ1v) is 3.60. The summed E-state index contributed by atoms with van der Waals surface area (Å²) in [5, 5.41) is 18.3. The van der Waals surface area contributed by atoms with E-state index in [1.54, 1.807) is 0 Å². The third-order valence-corrected chi connectivity index (χ3v) is 1.85. The Morgan fingerprint density at radius 2 is 2.00 bits per heavy atom. The molecule has 0 bridgehead atoms. The summed E-state index contributed by atoms with van der Waals surface area (Å²) in [7, 11) is 0. The first-order valence-electron chi connectivity index (χ1n) is 3.60. The van der Waals surface area contributed by atoms with Crippen LogP contribution in [0.4, 0.5) is 0 Å². The second kappa shape index (κ2) is 2.86. The van der Waals surface area contributed by atoms with E-state index in [0.29, 0.717) is 0 Å². The van der Waals surface area contributed by atoms with Crippen molar-refractivity contribution < 1.29 is 14.9 Å². The number of ether oxygens (including phenoxy) is 1. The lowest BCUT2D eigenvalue weighted by Gasteiger charge is -2.17. The van der Waals surface area contributed by atoms with Gasteiger partial charge in [-0.25, -0.2) is 0 Å². The molecule has 0 aliphatic carbocycles. The average molecular weight is 146 g/mol. The summed E-state index contributed by atoms with van der Waals surface area (Å²) in [6, 6.07) is 0. The molecule has 60 valence electrons. The Labute approximate surface area is 60.6 Å². The fourth-order valence-corrected chi connectivity index (χ4v) is 1.21. The first-order chi connectivity index (χ1) is 4.63. The predicted octanol–water partition coefficient (Wildman–Crippen LogP) is -0.237. The molecule has 0 amide bonds. The van der Waals surface area contributed by atoms with Gasteiger partial charge in [-0.2, -0.15) is 0 Å². The van der Waals surface area contributed by atoms with E-state index >= 15 is 0 Å². The molecule has 10 heavy (non-hydrogen) atoms. The van der Waals surface area contributed by atoms with Crippen LogP contribution in [0.2, 0.25) is 0 Å². The molecule has 1 heterocycles. The molecule has 3 nitrogen and oxygen atoms in total. The van der Waals surface area contributed by atoms with Gasteiger partial charge >= 0.3 is 0 Å². The van der Waals surface area contributed by atoms with Crippen LogP contribution in [-0.4, -0.2) is 35.1 Å². The van der Waals surface area contributed by atoms with Crippen molar-refractivity contribution in [1.82, 2.24) is 0 Å². The Balaban J connectivity index is 2.49. The molecule has 1 fully saturated rings. The van der Waals surface area contributed by atoms with Crippen LogP contribution in [0.25, 0.3) is 0 Å². The monoisotopic (exact) mass is 146 g/mol. The summed E-state index contributed by atoms with van der Waals surface area (Å²) in [5.41, 5.74) is 0. The first kappa shape index (κ1) is 7.98. The van der Waals surface area contributed by atoms with Gasteiger partial charge in [0.1, 0.15) is 12.2 Å². The van der Waals surface area contributed by atoms with Crippen molar-refractivity contribution in [3.63, 3.8) is 0 Å². The number of hydrogen-bond acceptors (Lipinski definition) is 3. The Kier molecular flexibility index (Phi) is 2.28. The molecule has 0 aromatic carbocycles. The van der Waals surface area contributed by atoms with E-state index in [-0.39, 0.29) is 18.6 Å². The lowest BCUT2D eigenvalue weighted by atomic mass is 10.0. The number of aliphatic hydroxyl groups is 2. The summed E-state index contributed by atoms with van der Waals surface area (Å²) in [4.78, 5) is 0. The van der Waals surface area contributed by atoms with Crippen molar-refractivity contribution in [2.75, 3.05) is 6.61 Å². The normalized spacial score (nSPS) is 41.1. The molecule has 0 radical (unpaired) electrons. The van der Waals surface area contributed by atoms with Gasteiger partial charge in [0.2, 0.25) is 0 Å². The maximum absolute atomic E-state index is 9.25. The third-order valence-electron chi connectivity index (χ3n) is 1.85. The van der Waals surface area contributed by atoms with Gasteiger partial charge in [-0.15, -0.1) is 0 Å². The summed E-state index contributed by atoms with van der Waals surface area (Å²) in [6.45, 7) is 4.20. The molecule has 1 aliphatic rings. The average Bonchev–Trinajstić information content (AvgIpc) is 2.14. The topological polar surface area (TPSA) is 49.7 Å². The SMILES string of the molecule is CC(C)C1OCC(O)C1O. The zero-order chi connectivity index (χ0) is 7.72. The van der Waals surface area contributed by atoms with Gasteiger partial charge in [0.15, 0.2) is 0 Å². The van der Waals surface area contributed by atoms with E-state index < -0.39 is 12.2 Å². The summed E-state index contributed by atoms with van der Waals surface area (Å²) in [6.07, 6.45) is -1.57. The van der Waals surface area contributed by atoms with E-state index in [2.05, 4.69) is 0 Å². The maximum Gasteiger partial charge on any atom is 0.108 e. The fraction of sp³-hybridized carbons (Fsp3) is 1.00. The van der Waals surface area contributed by atoms with E-state index in [4.69, 9.17) is 9.84 Å². The highest BCUT2D eigenvalue weighted by Crippen LogP contribution is 2.20. The second-order valence-corrected chi connectivity index (χ2v) is 3.10. The minimum atomic E-state index is -0.694. The van der Waals surface area contributed by atoms with Crippen LogP contribution < -0.4 is 0 Å². The minimum absolute atomic E-state index is 0.185. The van der Waals surface area contributed by atoms with Gasteiger partial charge in [-0.3, -0.25) is 0 Å². The van der Waals surface area contributed by atoms with Gasteiger partial charge < -0.3 is 14.9 Å². The van der Waals surface area contributed by atoms with Crippen LogP contribution in [0.15, 0.2) is 0 Å². The summed E-state index contributed by atoms with van der Waals surface area (Å²) < 4.78 is 5.14. The highest BCUT2D eigenvalue weighted by atomic mass is 16.5. The molecule has 0 aromatic rings. The molecular weight excluding hydrogens is 132 g/mol. The Morgan fingerprint density at radius 3 is 2.20 bits per heavy atom. The molecule has 0 aromatic heterocycles. The van der Waals surface area contributed by atoms with Crippen LogP contribution in [0.1, 0.15) is 13.8 Å². The molecule has 3 heteroatoms. The van der Waals surface area contributed by atoms with Crippen molar-refractivity contribution in [3.05, 3.63) is 0 Å². The van der Waals surface area contributed by atoms with Gasteiger partial charge in [-0.05, 0) is 5.92 Å². The summed E-state index contributed by atoms with van der Waals surface area (Å²) >= 11 is 0. The third kappa shape index (κ3) is 1.31. The van der Waals surface area contributed by atoms with E-state index in [1.807, 2.05) is 13.8 Å². The van der Waals surface area contributed by atoms with Crippen LogP contribution in [0.5, 0.6) is 0 Å². The Morgan fingerprint density at radius 1 is 1.40 bits per heavy atom. The Bertz CT molecular complexity index is 113. The molecule has 1 saturated heterocycles. The standard InChI is InChI=1S/C7H14O3/c1-4(2)7-6(9)5(8)3-10-7/h4-9H,3H2,1-2H3. The van der Waals surface area contributed by atoms with Crippen LogP contribution >= 0.6 is 0 Å². The van der Waals surface area contributed by atoms with E-state index in [9.17, 15) is 5.11 Å². The predicted molar refractivity (Wildman–Crippen MR) is 36.6 cm³/mol. The minimum Gasteiger partial charge on any atom is -0.388 e.